The van der Waals surface area contributed by atoms with E-state index in [1.54, 1.807) is 6.08 Å². The van der Waals surface area contributed by atoms with Crippen LogP contribution in [0.2, 0.25) is 0 Å². The number of carbonyl (C=O) groups excluding carboxylic acids is 2. The number of esters is 1. The van der Waals surface area contributed by atoms with E-state index in [2.05, 4.69) is 38.2 Å². The smallest absolute Gasteiger partial charge is 0.306 e. The summed E-state index contributed by atoms with van der Waals surface area (Å²) in [6.45, 7) is 5.79. The quantitative estimate of drug-likeness (QED) is 0.0195. The zero-order valence-electron chi connectivity index (χ0n) is 48.9. The summed E-state index contributed by atoms with van der Waals surface area (Å²) in [5.41, 5.74) is 0. The SMILES string of the molecule is CCCCCCCC/C=C\CCCCCC(=O)OC1C(OCC(NC(=O)C(O)CCCCCCCCCCCCCCCCCCCCCCCC)C(O)/C=C/CCCCCCCCCCC)OC(CO)C(O)C1O. The molecule has 0 spiro atoms. The molecular weight excluding hydrogens is 943 g/mol. The summed E-state index contributed by atoms with van der Waals surface area (Å²) in [5, 5.41) is 56.9. The molecule has 6 N–H and O–H groups in total. The number of hydrogen-bond acceptors (Lipinski definition) is 10. The molecule has 1 heterocycles. The summed E-state index contributed by atoms with van der Waals surface area (Å²) < 4.78 is 17.6. The van der Waals surface area contributed by atoms with Gasteiger partial charge in [-0.2, -0.15) is 0 Å². The Balaban J connectivity index is 2.60. The Morgan fingerprint density at radius 1 is 0.507 bits per heavy atom. The van der Waals surface area contributed by atoms with Crippen LogP contribution in [0.3, 0.4) is 0 Å². The summed E-state index contributed by atoms with van der Waals surface area (Å²) in [6.07, 6.45) is 50.9. The van der Waals surface area contributed by atoms with E-state index in [9.17, 15) is 35.1 Å². The molecule has 0 aromatic rings. The first-order valence-electron chi connectivity index (χ1n) is 32.1. The Morgan fingerprint density at radius 3 is 1.29 bits per heavy atom. The third kappa shape index (κ3) is 40.9. The van der Waals surface area contributed by atoms with Crippen molar-refractivity contribution in [1.29, 1.82) is 0 Å². The third-order valence-corrected chi connectivity index (χ3v) is 15.4. The molecular formula is C64H121NO10. The van der Waals surface area contributed by atoms with Gasteiger partial charge < -0.3 is 45.1 Å². The van der Waals surface area contributed by atoms with Crippen LogP contribution in [0.5, 0.6) is 0 Å². The number of amides is 1. The van der Waals surface area contributed by atoms with E-state index in [-0.39, 0.29) is 13.0 Å². The first-order chi connectivity index (χ1) is 36.7. The van der Waals surface area contributed by atoms with Gasteiger partial charge in [0.1, 0.15) is 24.4 Å². The number of aliphatic hydroxyl groups is 5. The lowest BCUT2D eigenvalue weighted by Crippen LogP contribution is -2.61. The Kier molecular flexibility index (Phi) is 50.1. The van der Waals surface area contributed by atoms with Gasteiger partial charge in [0, 0.05) is 6.42 Å². The molecule has 0 aromatic carbocycles. The maximum absolute atomic E-state index is 13.4. The molecule has 1 saturated heterocycles. The first kappa shape index (κ1) is 71.2. The molecule has 0 bridgehead atoms. The molecule has 1 aliphatic rings. The second kappa shape index (κ2) is 52.8. The highest BCUT2D eigenvalue weighted by molar-refractivity contribution is 5.80. The Morgan fingerprint density at radius 2 is 0.880 bits per heavy atom. The van der Waals surface area contributed by atoms with Crippen LogP contribution in [-0.2, 0) is 23.8 Å². The number of hydrogen-bond donors (Lipinski definition) is 6. The highest BCUT2D eigenvalue weighted by Crippen LogP contribution is 2.26. The summed E-state index contributed by atoms with van der Waals surface area (Å²) in [6, 6.07) is -1.02. The summed E-state index contributed by atoms with van der Waals surface area (Å²) >= 11 is 0. The first-order valence-corrected chi connectivity index (χ1v) is 32.1. The lowest BCUT2D eigenvalue weighted by Gasteiger charge is -2.41. The molecule has 0 aliphatic carbocycles. The Labute approximate surface area is 461 Å². The number of nitrogens with one attached hydrogen (secondary N) is 1. The molecule has 1 rings (SSSR count). The minimum absolute atomic E-state index is 0.107. The molecule has 0 radical (unpaired) electrons. The molecule has 442 valence electrons. The molecule has 0 saturated carbocycles. The lowest BCUT2D eigenvalue weighted by molar-refractivity contribution is -0.305. The van der Waals surface area contributed by atoms with Gasteiger partial charge in [0.05, 0.1) is 25.4 Å². The number of unbranched alkanes of at least 4 members (excludes halogenated alkanes) is 39. The Hall–Kier alpha value is -1.86. The van der Waals surface area contributed by atoms with Crippen molar-refractivity contribution >= 4 is 11.9 Å². The fourth-order valence-corrected chi connectivity index (χ4v) is 10.2. The average Bonchev–Trinajstić information content (AvgIpc) is 3.41. The number of rotatable bonds is 55. The van der Waals surface area contributed by atoms with Crippen molar-refractivity contribution in [3.8, 4) is 0 Å². The fourth-order valence-electron chi connectivity index (χ4n) is 10.2. The van der Waals surface area contributed by atoms with Gasteiger partial charge in [-0.15, -0.1) is 0 Å². The predicted octanol–water partition coefficient (Wildman–Crippen LogP) is 15.3. The third-order valence-electron chi connectivity index (χ3n) is 15.4. The number of carbonyl (C=O) groups is 2. The second-order valence-corrected chi connectivity index (χ2v) is 22.5. The van der Waals surface area contributed by atoms with Crippen LogP contribution >= 0.6 is 0 Å². The van der Waals surface area contributed by atoms with E-state index in [4.69, 9.17) is 14.2 Å². The van der Waals surface area contributed by atoms with Crippen LogP contribution in [0.25, 0.3) is 0 Å². The monoisotopic (exact) mass is 1060 g/mol. The van der Waals surface area contributed by atoms with Gasteiger partial charge in [0.2, 0.25) is 5.91 Å². The molecule has 11 nitrogen and oxygen atoms in total. The van der Waals surface area contributed by atoms with E-state index in [1.165, 1.54) is 199 Å². The largest absolute Gasteiger partial charge is 0.454 e. The highest BCUT2D eigenvalue weighted by atomic mass is 16.7. The van der Waals surface area contributed by atoms with Crippen LogP contribution in [-0.4, -0.2) is 99.6 Å². The van der Waals surface area contributed by atoms with E-state index in [0.29, 0.717) is 19.3 Å². The molecule has 1 fully saturated rings. The van der Waals surface area contributed by atoms with Gasteiger partial charge in [-0.05, 0) is 51.4 Å². The molecule has 8 atom stereocenters. The average molecular weight is 1060 g/mol. The molecule has 75 heavy (non-hydrogen) atoms. The predicted molar refractivity (Wildman–Crippen MR) is 311 cm³/mol. The van der Waals surface area contributed by atoms with Gasteiger partial charge in [-0.1, -0.05) is 276 Å². The minimum Gasteiger partial charge on any atom is -0.454 e. The van der Waals surface area contributed by atoms with Gasteiger partial charge in [-0.25, -0.2) is 0 Å². The number of ether oxygens (including phenoxy) is 3. The van der Waals surface area contributed by atoms with Crippen LogP contribution in [0.4, 0.5) is 0 Å². The topological polar surface area (TPSA) is 175 Å². The van der Waals surface area contributed by atoms with Crippen LogP contribution in [0, 0.1) is 0 Å². The van der Waals surface area contributed by atoms with E-state index in [1.807, 2.05) is 6.08 Å². The minimum atomic E-state index is -1.61. The number of aliphatic hydroxyl groups excluding tert-OH is 5. The molecule has 1 aliphatic heterocycles. The van der Waals surface area contributed by atoms with Gasteiger partial charge in [0.15, 0.2) is 12.4 Å². The van der Waals surface area contributed by atoms with Crippen LogP contribution in [0.15, 0.2) is 24.3 Å². The molecule has 11 heteroatoms. The van der Waals surface area contributed by atoms with Crippen molar-refractivity contribution < 1.29 is 49.3 Å². The standard InChI is InChI=1S/C64H121NO10/c1-4-7-10-13-16-19-22-24-25-26-27-28-29-30-31-32-34-36-39-42-45-48-51-57(68)63(72)65-55(56(67)50-47-44-41-38-35-21-18-15-12-9-6-3)54-73-64-62(61(71)60(70)58(53-66)74-64)75-59(69)52-49-46-43-40-37-33-23-20-17-14-11-8-5-2/h33,37,47,50,55-58,60-62,64,66-68,70-71H,4-32,34-36,38-46,48-49,51-54H2,1-3H3,(H,65,72)/b37-33-,50-47+. The van der Waals surface area contributed by atoms with Gasteiger partial charge >= 0.3 is 5.97 Å². The van der Waals surface area contributed by atoms with E-state index >= 15 is 0 Å². The van der Waals surface area contributed by atoms with Crippen molar-refractivity contribution in [2.75, 3.05) is 13.2 Å². The zero-order chi connectivity index (χ0) is 54.7. The van der Waals surface area contributed by atoms with Gasteiger partial charge in [0.25, 0.3) is 0 Å². The van der Waals surface area contributed by atoms with Crippen molar-refractivity contribution in [2.45, 2.75) is 359 Å². The normalized spacial score (nSPS) is 19.3. The van der Waals surface area contributed by atoms with Crippen molar-refractivity contribution in [3.05, 3.63) is 24.3 Å². The van der Waals surface area contributed by atoms with Crippen molar-refractivity contribution in [2.24, 2.45) is 0 Å². The van der Waals surface area contributed by atoms with Crippen molar-refractivity contribution in [3.63, 3.8) is 0 Å². The maximum atomic E-state index is 13.4. The van der Waals surface area contributed by atoms with Gasteiger partial charge in [-0.3, -0.25) is 9.59 Å². The maximum Gasteiger partial charge on any atom is 0.306 e. The Bertz CT molecular complexity index is 1310. The van der Waals surface area contributed by atoms with E-state index < -0.39 is 67.4 Å². The number of allylic oxidation sites excluding steroid dienone is 3. The zero-order valence-corrected chi connectivity index (χ0v) is 48.9. The fraction of sp³-hybridized carbons (Fsp3) is 0.906. The lowest BCUT2D eigenvalue weighted by atomic mass is 9.99. The summed E-state index contributed by atoms with van der Waals surface area (Å²) in [7, 11) is 0. The highest BCUT2D eigenvalue weighted by Gasteiger charge is 2.47. The second-order valence-electron chi connectivity index (χ2n) is 22.5. The molecule has 8 unspecified atom stereocenters. The summed E-state index contributed by atoms with van der Waals surface area (Å²) in [4.78, 5) is 26.5. The van der Waals surface area contributed by atoms with Crippen LogP contribution in [0.1, 0.15) is 310 Å². The van der Waals surface area contributed by atoms with E-state index in [0.717, 1.165) is 64.2 Å². The molecule has 1 amide bonds. The summed E-state index contributed by atoms with van der Waals surface area (Å²) in [5.74, 6) is -1.20. The van der Waals surface area contributed by atoms with Crippen molar-refractivity contribution in [1.82, 2.24) is 5.32 Å². The van der Waals surface area contributed by atoms with Crippen LogP contribution < -0.4 is 5.32 Å². The molecule has 0 aromatic heterocycles.